The molecule has 0 aliphatic rings. The Kier molecular flexibility index (Phi) is 8.93. The molecule has 0 heterocycles. The zero-order valence-electron chi connectivity index (χ0n) is 12.5. The van der Waals surface area contributed by atoms with Gasteiger partial charge in [0.15, 0.2) is 0 Å². The normalized spacial score (nSPS) is 14.2. The van der Waals surface area contributed by atoms with Gasteiger partial charge in [0.25, 0.3) is 0 Å². The van der Waals surface area contributed by atoms with Gasteiger partial charge in [0, 0.05) is 5.41 Å². The highest BCUT2D eigenvalue weighted by atomic mass is 35.5. The Bertz CT molecular complexity index is 215. The second-order valence-corrected chi connectivity index (χ2v) is 5.94. The molecule has 0 saturated carbocycles. The fraction of sp³-hybridized carbons (Fsp3) is 0.867. The van der Waals surface area contributed by atoms with E-state index in [1.54, 1.807) is 6.08 Å². The molecule has 1 atom stereocenters. The van der Waals surface area contributed by atoms with E-state index in [2.05, 4.69) is 13.5 Å². The summed E-state index contributed by atoms with van der Waals surface area (Å²) in [6.45, 7) is 15.4. The standard InChI is InChI=1S/C15H29ClO2/c1-7-9-15(14(16)8-2,10-17-12(3)4)11-18-13(5)6/h8,12-14H,2,7,9-11H2,1,3-6H3. The summed E-state index contributed by atoms with van der Waals surface area (Å²) in [4.78, 5) is 0. The van der Waals surface area contributed by atoms with E-state index in [1.807, 2.05) is 27.7 Å². The SMILES string of the molecule is C=CC(Cl)C(CCC)(COC(C)C)COC(C)C. The van der Waals surface area contributed by atoms with Gasteiger partial charge in [-0.2, -0.15) is 0 Å². The zero-order valence-corrected chi connectivity index (χ0v) is 13.3. The third-order valence-electron chi connectivity index (χ3n) is 2.95. The molecule has 0 aromatic carbocycles. The van der Waals surface area contributed by atoms with Gasteiger partial charge >= 0.3 is 0 Å². The molecule has 0 rings (SSSR count). The van der Waals surface area contributed by atoms with Crippen molar-refractivity contribution in [1.29, 1.82) is 0 Å². The first kappa shape index (κ1) is 17.9. The third-order valence-corrected chi connectivity index (χ3v) is 3.59. The highest BCUT2D eigenvalue weighted by Gasteiger charge is 2.37. The Morgan fingerprint density at radius 1 is 1.11 bits per heavy atom. The maximum atomic E-state index is 6.46. The first-order chi connectivity index (χ1) is 8.38. The molecule has 1 unspecified atom stereocenters. The highest BCUT2D eigenvalue weighted by molar-refractivity contribution is 6.22. The van der Waals surface area contributed by atoms with E-state index < -0.39 is 0 Å². The molecule has 18 heavy (non-hydrogen) atoms. The molecule has 0 aliphatic carbocycles. The number of hydrogen-bond donors (Lipinski definition) is 0. The van der Waals surface area contributed by atoms with Gasteiger partial charge in [-0.1, -0.05) is 19.4 Å². The Morgan fingerprint density at radius 3 is 1.83 bits per heavy atom. The molecule has 0 saturated heterocycles. The number of alkyl halides is 1. The van der Waals surface area contributed by atoms with Crippen LogP contribution in [-0.4, -0.2) is 30.8 Å². The molecule has 0 aromatic heterocycles. The molecule has 3 heteroatoms. The van der Waals surface area contributed by atoms with Gasteiger partial charge in [-0.25, -0.2) is 0 Å². The van der Waals surface area contributed by atoms with Crippen molar-refractivity contribution in [2.75, 3.05) is 13.2 Å². The number of rotatable bonds is 10. The first-order valence-corrected chi connectivity index (χ1v) is 7.31. The second-order valence-electron chi connectivity index (χ2n) is 5.47. The van der Waals surface area contributed by atoms with Gasteiger partial charge < -0.3 is 9.47 Å². The van der Waals surface area contributed by atoms with E-state index in [9.17, 15) is 0 Å². The van der Waals surface area contributed by atoms with Crippen molar-refractivity contribution in [2.24, 2.45) is 5.41 Å². The van der Waals surface area contributed by atoms with Crippen molar-refractivity contribution in [3.05, 3.63) is 12.7 Å². The van der Waals surface area contributed by atoms with Gasteiger partial charge in [-0.3, -0.25) is 0 Å². The molecule has 0 aromatic rings. The van der Waals surface area contributed by atoms with Crippen LogP contribution in [0, 0.1) is 5.41 Å². The predicted molar refractivity (Wildman–Crippen MR) is 79.4 cm³/mol. The number of ether oxygens (including phenoxy) is 2. The summed E-state index contributed by atoms with van der Waals surface area (Å²) in [5.74, 6) is 0. The van der Waals surface area contributed by atoms with E-state index in [1.165, 1.54) is 0 Å². The molecule has 0 radical (unpaired) electrons. The molecule has 2 nitrogen and oxygen atoms in total. The monoisotopic (exact) mass is 276 g/mol. The maximum absolute atomic E-state index is 6.46. The molecule has 0 bridgehead atoms. The summed E-state index contributed by atoms with van der Waals surface area (Å²) in [7, 11) is 0. The van der Waals surface area contributed by atoms with Crippen LogP contribution in [0.3, 0.4) is 0 Å². The third kappa shape index (κ3) is 6.21. The largest absolute Gasteiger partial charge is 0.378 e. The molecular weight excluding hydrogens is 248 g/mol. The number of hydrogen-bond acceptors (Lipinski definition) is 2. The fourth-order valence-corrected chi connectivity index (χ4v) is 2.13. The van der Waals surface area contributed by atoms with Crippen LogP contribution in [-0.2, 0) is 9.47 Å². The van der Waals surface area contributed by atoms with Crippen LogP contribution in [0.15, 0.2) is 12.7 Å². The second kappa shape index (κ2) is 8.95. The first-order valence-electron chi connectivity index (χ1n) is 6.87. The minimum absolute atomic E-state index is 0.130. The van der Waals surface area contributed by atoms with Crippen molar-refractivity contribution >= 4 is 11.6 Å². The molecular formula is C15H29ClO2. The van der Waals surface area contributed by atoms with Crippen molar-refractivity contribution < 1.29 is 9.47 Å². The molecule has 108 valence electrons. The summed E-state index contributed by atoms with van der Waals surface area (Å²) in [5.41, 5.74) is -0.174. The van der Waals surface area contributed by atoms with Gasteiger partial charge in [0.05, 0.1) is 30.8 Å². The van der Waals surface area contributed by atoms with Crippen LogP contribution in [0.1, 0.15) is 47.5 Å². The molecule has 0 aliphatic heterocycles. The van der Waals surface area contributed by atoms with E-state index >= 15 is 0 Å². The minimum atomic E-state index is -0.174. The average molecular weight is 277 g/mol. The van der Waals surface area contributed by atoms with Crippen LogP contribution >= 0.6 is 11.6 Å². The Morgan fingerprint density at radius 2 is 1.56 bits per heavy atom. The Labute approximate surface area is 118 Å². The highest BCUT2D eigenvalue weighted by Crippen LogP contribution is 2.34. The lowest BCUT2D eigenvalue weighted by Gasteiger charge is -2.37. The van der Waals surface area contributed by atoms with Crippen LogP contribution in [0.5, 0.6) is 0 Å². The van der Waals surface area contributed by atoms with Crippen molar-refractivity contribution in [3.8, 4) is 0 Å². The summed E-state index contributed by atoms with van der Waals surface area (Å²) in [5, 5.41) is -0.130. The lowest BCUT2D eigenvalue weighted by atomic mass is 9.81. The quantitative estimate of drug-likeness (QED) is 0.434. The van der Waals surface area contributed by atoms with Gasteiger partial charge in [0.2, 0.25) is 0 Å². The molecule has 0 spiro atoms. The number of halogens is 1. The maximum Gasteiger partial charge on any atom is 0.0613 e. The van der Waals surface area contributed by atoms with Crippen LogP contribution in [0.4, 0.5) is 0 Å². The van der Waals surface area contributed by atoms with Crippen molar-refractivity contribution in [1.82, 2.24) is 0 Å². The average Bonchev–Trinajstić information content (AvgIpc) is 2.31. The minimum Gasteiger partial charge on any atom is -0.378 e. The molecule has 0 fully saturated rings. The predicted octanol–water partition coefficient (Wildman–Crippen LogP) is 4.42. The zero-order chi connectivity index (χ0) is 14.2. The summed E-state index contributed by atoms with van der Waals surface area (Å²) >= 11 is 6.46. The van der Waals surface area contributed by atoms with E-state index in [4.69, 9.17) is 21.1 Å². The Balaban J connectivity index is 4.82. The molecule has 0 amide bonds. The van der Waals surface area contributed by atoms with E-state index in [0.29, 0.717) is 13.2 Å². The van der Waals surface area contributed by atoms with E-state index in [-0.39, 0.29) is 23.0 Å². The van der Waals surface area contributed by atoms with Gasteiger partial charge in [-0.05, 0) is 34.1 Å². The van der Waals surface area contributed by atoms with Crippen LogP contribution in [0.2, 0.25) is 0 Å². The summed E-state index contributed by atoms with van der Waals surface area (Å²) in [6, 6.07) is 0. The van der Waals surface area contributed by atoms with Gasteiger partial charge in [0.1, 0.15) is 0 Å². The topological polar surface area (TPSA) is 18.5 Å². The van der Waals surface area contributed by atoms with Crippen LogP contribution in [0.25, 0.3) is 0 Å². The lowest BCUT2D eigenvalue weighted by molar-refractivity contribution is -0.0570. The van der Waals surface area contributed by atoms with Crippen molar-refractivity contribution in [2.45, 2.75) is 65.0 Å². The Hall–Kier alpha value is -0.0500. The van der Waals surface area contributed by atoms with E-state index in [0.717, 1.165) is 12.8 Å². The summed E-state index contributed by atoms with van der Waals surface area (Å²) in [6.07, 6.45) is 4.24. The summed E-state index contributed by atoms with van der Waals surface area (Å²) < 4.78 is 11.6. The fourth-order valence-electron chi connectivity index (χ4n) is 1.90. The van der Waals surface area contributed by atoms with Gasteiger partial charge in [-0.15, -0.1) is 18.2 Å². The van der Waals surface area contributed by atoms with Crippen molar-refractivity contribution in [3.63, 3.8) is 0 Å². The number of allylic oxidation sites excluding steroid dienone is 1. The smallest absolute Gasteiger partial charge is 0.0613 e. The van der Waals surface area contributed by atoms with Crippen LogP contribution < -0.4 is 0 Å². The lowest BCUT2D eigenvalue weighted by Crippen LogP contribution is -2.41. The molecule has 0 N–H and O–H groups in total.